The number of alkyl halides is 1. The Morgan fingerprint density at radius 3 is 2.74 bits per heavy atom. The molecule has 220 valence electrons. The first-order valence-electron chi connectivity index (χ1n) is 15.1. The second kappa shape index (κ2) is 11.7. The van der Waals surface area contributed by atoms with Crippen LogP contribution in [0.25, 0.3) is 6.08 Å². The number of rotatable bonds is 9. The number of hydrogen-bond donors (Lipinski definition) is 2. The molecule has 1 aromatic heterocycles. The molecule has 2 N–H and O–H groups in total. The molecule has 7 heteroatoms. The van der Waals surface area contributed by atoms with Crippen LogP contribution in [0.2, 0.25) is 5.02 Å². The number of allylic oxidation sites excluding steroid dienone is 1. The molecule has 1 heterocycles. The quantitative estimate of drug-likeness (QED) is 0.263. The number of nitrogens with one attached hydrogen (secondary N) is 1. The third-order valence-corrected chi connectivity index (χ3v) is 10.0. The maximum absolute atomic E-state index is 14.6. The Bertz CT molecular complexity index is 1500. The van der Waals surface area contributed by atoms with Crippen LogP contribution >= 0.6 is 11.6 Å². The van der Waals surface area contributed by atoms with Crippen LogP contribution in [-0.2, 0) is 16.6 Å². The van der Waals surface area contributed by atoms with Gasteiger partial charge in [0, 0.05) is 39.5 Å². The van der Waals surface area contributed by atoms with E-state index >= 15 is 0 Å². The van der Waals surface area contributed by atoms with Crippen molar-refractivity contribution in [1.82, 2.24) is 4.98 Å². The van der Waals surface area contributed by atoms with Crippen LogP contribution in [0.15, 0.2) is 66.4 Å². The minimum atomic E-state index is -1.10. The lowest BCUT2D eigenvalue weighted by molar-refractivity contribution is -0.143. The van der Waals surface area contributed by atoms with Gasteiger partial charge in [-0.1, -0.05) is 60.5 Å². The van der Waals surface area contributed by atoms with Crippen LogP contribution < -0.4 is 10.1 Å². The smallest absolute Gasteiger partial charge is 0.329 e. The maximum Gasteiger partial charge on any atom is 0.329 e. The Balaban J connectivity index is 1.22. The number of anilines is 1. The molecular weight excluding hydrogens is 551 g/mol. The highest BCUT2D eigenvalue weighted by Crippen LogP contribution is 2.55. The molecule has 1 saturated carbocycles. The number of carboxylic acid groups (broad SMARTS) is 1. The lowest BCUT2D eigenvalue weighted by atomic mass is 9.61. The van der Waals surface area contributed by atoms with Crippen LogP contribution in [0.4, 0.5) is 10.1 Å². The van der Waals surface area contributed by atoms with E-state index in [2.05, 4.69) is 35.4 Å². The van der Waals surface area contributed by atoms with Gasteiger partial charge in [-0.05, 0) is 92.7 Å². The summed E-state index contributed by atoms with van der Waals surface area (Å²) in [6, 6.07) is 17.5. The summed E-state index contributed by atoms with van der Waals surface area (Å²) in [5.41, 5.74) is 5.11. The molecule has 0 saturated heterocycles. The second-order valence-corrected chi connectivity index (χ2v) is 12.8. The number of aliphatic carboxylic acids is 1. The first kappa shape index (κ1) is 28.7. The summed E-state index contributed by atoms with van der Waals surface area (Å²) in [4.78, 5) is 17.3. The number of carbonyl (C=O) groups is 1. The highest BCUT2D eigenvalue weighted by Gasteiger charge is 2.51. The van der Waals surface area contributed by atoms with Crippen molar-refractivity contribution in [3.8, 4) is 5.75 Å². The van der Waals surface area contributed by atoms with Gasteiger partial charge in [-0.2, -0.15) is 0 Å². The number of benzene rings is 2. The number of hydrogen-bond acceptors (Lipinski definition) is 4. The van der Waals surface area contributed by atoms with Gasteiger partial charge in [0.2, 0.25) is 0 Å². The Labute approximate surface area is 252 Å². The number of carboxylic acids is 1. The molecule has 42 heavy (non-hydrogen) atoms. The van der Waals surface area contributed by atoms with Gasteiger partial charge in [0.1, 0.15) is 11.3 Å². The fraction of sp³-hybridized carbons (Fsp3) is 0.429. The predicted molar refractivity (Wildman–Crippen MR) is 165 cm³/mol. The summed E-state index contributed by atoms with van der Waals surface area (Å²) in [5, 5.41) is 14.3. The van der Waals surface area contributed by atoms with Crippen molar-refractivity contribution in [2.24, 2.45) is 5.92 Å². The molecule has 0 bridgehead atoms. The standard InChI is InChI=1S/C35H38ClFN2O3/c1-23-6-4-11-30-32(23)31(12-17-38-30)42-22-24(21-37)18-26-19-25-7-2-3-10-29(25)34(26)13-15-35(16-14-34,33(40)41)39-28-9-5-8-27(36)20-28/h2-3,5,7-10,12,17,19-20,23-24,39H,4,6,11,13-16,18,21-22H2,1H3,(H,40,41)/t23-,24-,34?,35?/m1/s1. The Morgan fingerprint density at radius 1 is 1.17 bits per heavy atom. The molecular formula is C35H38ClFN2O3. The lowest BCUT2D eigenvalue weighted by Gasteiger charge is -2.46. The first-order chi connectivity index (χ1) is 20.3. The van der Waals surface area contributed by atoms with Crippen molar-refractivity contribution in [1.29, 1.82) is 0 Å². The zero-order valence-corrected chi connectivity index (χ0v) is 24.8. The van der Waals surface area contributed by atoms with Crippen LogP contribution in [0.5, 0.6) is 5.75 Å². The van der Waals surface area contributed by atoms with E-state index in [0.717, 1.165) is 36.3 Å². The molecule has 1 spiro atoms. The van der Waals surface area contributed by atoms with Crippen LogP contribution in [-0.4, -0.2) is 34.9 Å². The Hall–Kier alpha value is -3.38. The monoisotopic (exact) mass is 588 g/mol. The maximum atomic E-state index is 14.6. The van der Waals surface area contributed by atoms with Gasteiger partial charge in [-0.25, -0.2) is 4.79 Å². The second-order valence-electron chi connectivity index (χ2n) is 12.4. The van der Waals surface area contributed by atoms with Crippen molar-refractivity contribution in [3.05, 3.63) is 93.8 Å². The zero-order chi connectivity index (χ0) is 29.3. The van der Waals surface area contributed by atoms with Gasteiger partial charge >= 0.3 is 5.97 Å². The summed E-state index contributed by atoms with van der Waals surface area (Å²) in [6.07, 6.45) is 9.98. The van der Waals surface area contributed by atoms with E-state index < -0.39 is 18.2 Å². The van der Waals surface area contributed by atoms with E-state index in [0.29, 0.717) is 55.3 Å². The topological polar surface area (TPSA) is 71.5 Å². The Morgan fingerprint density at radius 2 is 1.98 bits per heavy atom. The minimum Gasteiger partial charge on any atom is -0.493 e. The summed E-state index contributed by atoms with van der Waals surface area (Å²) < 4.78 is 20.9. The van der Waals surface area contributed by atoms with Crippen molar-refractivity contribution in [2.45, 2.75) is 75.2 Å². The summed E-state index contributed by atoms with van der Waals surface area (Å²) >= 11 is 6.19. The summed E-state index contributed by atoms with van der Waals surface area (Å²) in [5.74, 6) is 0.0499. The molecule has 2 atom stereocenters. The molecule has 0 aliphatic heterocycles. The highest BCUT2D eigenvalue weighted by atomic mass is 35.5. The largest absolute Gasteiger partial charge is 0.493 e. The number of halogens is 2. The highest BCUT2D eigenvalue weighted by molar-refractivity contribution is 6.30. The fourth-order valence-corrected chi connectivity index (χ4v) is 7.68. The van der Waals surface area contributed by atoms with Gasteiger partial charge in [-0.3, -0.25) is 9.37 Å². The van der Waals surface area contributed by atoms with E-state index in [-0.39, 0.29) is 11.3 Å². The molecule has 3 aliphatic carbocycles. The molecule has 1 fully saturated rings. The van der Waals surface area contributed by atoms with E-state index in [1.54, 1.807) is 18.3 Å². The van der Waals surface area contributed by atoms with Gasteiger partial charge in [0.25, 0.3) is 0 Å². The molecule has 3 aromatic rings. The number of fused-ring (bicyclic) bond motifs is 3. The summed E-state index contributed by atoms with van der Waals surface area (Å²) in [6.45, 7) is 2.02. The van der Waals surface area contributed by atoms with Crippen LogP contribution in [0.1, 0.15) is 80.2 Å². The van der Waals surface area contributed by atoms with E-state index in [1.807, 2.05) is 30.3 Å². The molecule has 0 unspecified atom stereocenters. The zero-order valence-electron chi connectivity index (χ0n) is 24.0. The van der Waals surface area contributed by atoms with Crippen molar-refractivity contribution < 1.29 is 19.0 Å². The number of nitrogens with zero attached hydrogens (tertiary/aromatic N) is 1. The average Bonchev–Trinajstić information content (AvgIpc) is 3.28. The first-order valence-corrected chi connectivity index (χ1v) is 15.5. The van der Waals surface area contributed by atoms with E-state index in [9.17, 15) is 14.3 Å². The molecule has 6 rings (SSSR count). The van der Waals surface area contributed by atoms with Crippen molar-refractivity contribution in [2.75, 3.05) is 18.6 Å². The SMILES string of the molecule is C[C@@H]1CCCc2nccc(OC[C@@H](CF)CC3=Cc4ccccc4C34CCC(Nc3cccc(Cl)c3)(C(=O)O)CC4)c21. The fourth-order valence-electron chi connectivity index (χ4n) is 7.49. The van der Waals surface area contributed by atoms with Gasteiger partial charge in [0.15, 0.2) is 0 Å². The number of aromatic nitrogens is 1. The third-order valence-electron chi connectivity index (χ3n) is 9.77. The molecule has 0 amide bonds. The molecule has 5 nitrogen and oxygen atoms in total. The van der Waals surface area contributed by atoms with Gasteiger partial charge in [0.05, 0.1) is 13.3 Å². The third kappa shape index (κ3) is 5.30. The normalized spacial score (nSPS) is 25.3. The molecule has 3 aliphatic rings. The number of ether oxygens (including phenoxy) is 1. The van der Waals surface area contributed by atoms with Crippen LogP contribution in [0, 0.1) is 5.92 Å². The number of pyridine rings is 1. The van der Waals surface area contributed by atoms with Crippen molar-refractivity contribution >= 4 is 29.3 Å². The van der Waals surface area contributed by atoms with Gasteiger partial charge < -0.3 is 15.2 Å². The minimum absolute atomic E-state index is 0.291. The van der Waals surface area contributed by atoms with E-state index in [4.69, 9.17) is 16.3 Å². The van der Waals surface area contributed by atoms with Gasteiger partial charge in [-0.15, -0.1) is 0 Å². The number of aryl methyl sites for hydroxylation is 1. The Kier molecular flexibility index (Phi) is 8.01. The van der Waals surface area contributed by atoms with Crippen LogP contribution in [0.3, 0.4) is 0 Å². The van der Waals surface area contributed by atoms with Crippen molar-refractivity contribution in [3.63, 3.8) is 0 Å². The average molecular weight is 589 g/mol. The summed E-state index contributed by atoms with van der Waals surface area (Å²) in [7, 11) is 0. The molecule has 0 radical (unpaired) electrons. The van der Waals surface area contributed by atoms with E-state index in [1.165, 1.54) is 16.7 Å². The molecule has 2 aromatic carbocycles. The predicted octanol–water partition coefficient (Wildman–Crippen LogP) is 8.37. The lowest BCUT2D eigenvalue weighted by Crippen LogP contribution is -2.52.